The number of phenols is 4. The van der Waals surface area contributed by atoms with E-state index in [2.05, 4.69) is 0 Å². The standard InChI is InChI=1S/C16H10O7/c1-5(17)6-4-7-10(16(23)14(6)21)15(22)12-9(19)3-2-8(18)11(12)13(7)20/h2-4,18-19,21,23H,1H3. The molecule has 0 spiro atoms. The van der Waals surface area contributed by atoms with Gasteiger partial charge in [0.05, 0.1) is 22.3 Å². The highest BCUT2D eigenvalue weighted by molar-refractivity contribution is 6.31. The van der Waals surface area contributed by atoms with Crippen LogP contribution in [0.3, 0.4) is 0 Å². The average molecular weight is 314 g/mol. The van der Waals surface area contributed by atoms with Crippen molar-refractivity contribution in [3.05, 3.63) is 46.0 Å². The molecular weight excluding hydrogens is 304 g/mol. The summed E-state index contributed by atoms with van der Waals surface area (Å²) in [6, 6.07) is 3.07. The van der Waals surface area contributed by atoms with Crippen LogP contribution in [0, 0.1) is 0 Å². The predicted molar refractivity (Wildman–Crippen MR) is 76.4 cm³/mol. The summed E-state index contributed by atoms with van der Waals surface area (Å²) in [5.41, 5.74) is -2.06. The van der Waals surface area contributed by atoms with Gasteiger partial charge >= 0.3 is 0 Å². The topological polar surface area (TPSA) is 132 Å². The third-order valence-corrected chi connectivity index (χ3v) is 3.74. The number of rotatable bonds is 1. The molecule has 0 saturated heterocycles. The van der Waals surface area contributed by atoms with Crippen LogP contribution >= 0.6 is 0 Å². The number of aromatic hydroxyl groups is 4. The Bertz CT molecular complexity index is 925. The van der Waals surface area contributed by atoms with E-state index in [1.165, 1.54) is 0 Å². The third kappa shape index (κ3) is 1.80. The lowest BCUT2D eigenvalue weighted by Crippen LogP contribution is -2.22. The van der Waals surface area contributed by atoms with Crippen LogP contribution in [-0.2, 0) is 0 Å². The first-order chi connectivity index (χ1) is 10.8. The first kappa shape index (κ1) is 14.6. The minimum Gasteiger partial charge on any atom is -0.507 e. The van der Waals surface area contributed by atoms with E-state index in [1.807, 2.05) is 0 Å². The number of carbonyl (C=O) groups is 3. The van der Waals surface area contributed by atoms with Crippen LogP contribution in [-0.4, -0.2) is 37.8 Å². The van der Waals surface area contributed by atoms with Gasteiger partial charge < -0.3 is 20.4 Å². The SMILES string of the molecule is CC(=O)c1cc2c(c(O)c1O)C(=O)c1c(O)ccc(O)c1C2=O. The quantitative estimate of drug-likeness (QED) is 0.304. The number of benzene rings is 2. The van der Waals surface area contributed by atoms with Crippen molar-refractivity contribution in [3.63, 3.8) is 0 Å². The largest absolute Gasteiger partial charge is 0.507 e. The molecule has 0 bridgehead atoms. The lowest BCUT2D eigenvalue weighted by atomic mass is 9.81. The molecule has 0 radical (unpaired) electrons. The molecule has 7 nitrogen and oxygen atoms in total. The Hall–Kier alpha value is -3.35. The van der Waals surface area contributed by atoms with Gasteiger partial charge in [-0.25, -0.2) is 0 Å². The molecule has 3 rings (SSSR count). The fourth-order valence-electron chi connectivity index (χ4n) is 2.64. The molecule has 116 valence electrons. The molecule has 0 heterocycles. The van der Waals surface area contributed by atoms with Crippen molar-refractivity contribution in [2.75, 3.05) is 0 Å². The molecule has 0 fully saturated rings. The van der Waals surface area contributed by atoms with Gasteiger partial charge in [-0.3, -0.25) is 14.4 Å². The molecule has 0 atom stereocenters. The maximum atomic E-state index is 12.5. The minimum absolute atomic E-state index is 0.328. The molecule has 4 N–H and O–H groups in total. The van der Waals surface area contributed by atoms with E-state index in [9.17, 15) is 34.8 Å². The minimum atomic E-state index is -0.939. The smallest absolute Gasteiger partial charge is 0.202 e. The zero-order valence-electron chi connectivity index (χ0n) is 11.7. The summed E-state index contributed by atoms with van der Waals surface area (Å²) < 4.78 is 0. The van der Waals surface area contributed by atoms with Gasteiger partial charge in [-0.15, -0.1) is 0 Å². The predicted octanol–water partition coefficient (Wildman–Crippen LogP) is 1.49. The van der Waals surface area contributed by atoms with Crippen LogP contribution in [0.5, 0.6) is 23.0 Å². The van der Waals surface area contributed by atoms with Gasteiger partial charge in [0.2, 0.25) is 5.78 Å². The Morgan fingerprint density at radius 1 is 0.826 bits per heavy atom. The molecule has 1 aliphatic carbocycles. The Morgan fingerprint density at radius 3 is 1.87 bits per heavy atom. The number of carbonyl (C=O) groups excluding carboxylic acids is 3. The number of fused-ring (bicyclic) bond motifs is 2. The van der Waals surface area contributed by atoms with Gasteiger partial charge in [0, 0.05) is 5.56 Å². The first-order valence-corrected chi connectivity index (χ1v) is 6.49. The van der Waals surface area contributed by atoms with E-state index in [0.717, 1.165) is 25.1 Å². The lowest BCUT2D eigenvalue weighted by molar-refractivity contribution is 0.0969. The molecule has 2 aromatic rings. The van der Waals surface area contributed by atoms with E-state index in [4.69, 9.17) is 0 Å². The molecule has 0 unspecified atom stereocenters. The first-order valence-electron chi connectivity index (χ1n) is 6.49. The molecule has 7 heteroatoms. The van der Waals surface area contributed by atoms with E-state index >= 15 is 0 Å². The number of ketones is 3. The summed E-state index contributed by atoms with van der Waals surface area (Å²) in [5.74, 6) is -5.20. The summed E-state index contributed by atoms with van der Waals surface area (Å²) in [4.78, 5) is 36.5. The highest BCUT2D eigenvalue weighted by atomic mass is 16.3. The fraction of sp³-hybridized carbons (Fsp3) is 0.0625. The van der Waals surface area contributed by atoms with Crippen molar-refractivity contribution < 1.29 is 34.8 Å². The summed E-state index contributed by atoms with van der Waals surface area (Å²) in [6.45, 7) is 1.12. The molecule has 0 aromatic heterocycles. The van der Waals surface area contributed by atoms with Gasteiger partial charge in [0.15, 0.2) is 23.1 Å². The monoisotopic (exact) mass is 314 g/mol. The normalized spacial score (nSPS) is 12.7. The Labute approximate surface area is 129 Å². The zero-order chi connectivity index (χ0) is 17.0. The molecule has 1 aliphatic rings. The molecule has 0 aliphatic heterocycles. The second kappa shape index (κ2) is 4.57. The summed E-state index contributed by atoms with van der Waals surface area (Å²) >= 11 is 0. The second-order valence-corrected chi connectivity index (χ2v) is 5.11. The molecule has 23 heavy (non-hydrogen) atoms. The Morgan fingerprint density at radius 2 is 1.35 bits per heavy atom. The van der Waals surface area contributed by atoms with E-state index in [-0.39, 0.29) is 11.1 Å². The maximum Gasteiger partial charge on any atom is 0.202 e. The van der Waals surface area contributed by atoms with Crippen molar-refractivity contribution in [2.45, 2.75) is 6.92 Å². The van der Waals surface area contributed by atoms with Crippen LogP contribution < -0.4 is 0 Å². The number of phenolic OH excluding ortho intramolecular Hbond substituents is 4. The van der Waals surface area contributed by atoms with E-state index in [0.29, 0.717) is 0 Å². The number of Topliss-reactive ketones (excluding diaryl/α,β-unsaturated/α-hetero) is 1. The summed E-state index contributed by atoms with van der Waals surface area (Å²) in [7, 11) is 0. The van der Waals surface area contributed by atoms with Crippen molar-refractivity contribution in [2.24, 2.45) is 0 Å². The molecule has 0 amide bonds. The average Bonchev–Trinajstić information content (AvgIpc) is 2.49. The van der Waals surface area contributed by atoms with Crippen LogP contribution in [0.4, 0.5) is 0 Å². The van der Waals surface area contributed by atoms with E-state index < -0.39 is 57.0 Å². The molecule has 0 saturated carbocycles. The van der Waals surface area contributed by atoms with Gasteiger partial charge in [-0.2, -0.15) is 0 Å². The zero-order valence-corrected chi connectivity index (χ0v) is 11.7. The van der Waals surface area contributed by atoms with Crippen LogP contribution in [0.1, 0.15) is 49.1 Å². The number of hydrogen-bond donors (Lipinski definition) is 4. The van der Waals surface area contributed by atoms with Crippen LogP contribution in [0.15, 0.2) is 18.2 Å². The van der Waals surface area contributed by atoms with Gasteiger partial charge in [-0.1, -0.05) is 0 Å². The van der Waals surface area contributed by atoms with Gasteiger partial charge in [0.25, 0.3) is 0 Å². The van der Waals surface area contributed by atoms with Crippen LogP contribution in [0.25, 0.3) is 0 Å². The summed E-state index contributed by atoms with van der Waals surface area (Å²) in [6.07, 6.45) is 0. The van der Waals surface area contributed by atoms with Gasteiger partial charge in [0.1, 0.15) is 11.5 Å². The Balaban J connectivity index is 2.43. The van der Waals surface area contributed by atoms with Crippen molar-refractivity contribution in [3.8, 4) is 23.0 Å². The van der Waals surface area contributed by atoms with Gasteiger partial charge in [-0.05, 0) is 25.1 Å². The molecular formula is C16H10O7. The second-order valence-electron chi connectivity index (χ2n) is 5.11. The Kier molecular flexibility index (Phi) is 2.90. The van der Waals surface area contributed by atoms with Crippen molar-refractivity contribution >= 4 is 17.3 Å². The molecule has 2 aromatic carbocycles. The van der Waals surface area contributed by atoms with E-state index in [1.54, 1.807) is 0 Å². The maximum absolute atomic E-state index is 12.5. The number of hydrogen-bond acceptors (Lipinski definition) is 7. The highest BCUT2D eigenvalue weighted by Gasteiger charge is 2.38. The fourth-order valence-corrected chi connectivity index (χ4v) is 2.64. The summed E-state index contributed by atoms with van der Waals surface area (Å²) in [5, 5.41) is 39.5. The van der Waals surface area contributed by atoms with Crippen molar-refractivity contribution in [1.29, 1.82) is 0 Å². The highest BCUT2D eigenvalue weighted by Crippen LogP contribution is 2.44. The van der Waals surface area contributed by atoms with Crippen molar-refractivity contribution in [1.82, 2.24) is 0 Å². The van der Waals surface area contributed by atoms with Crippen LogP contribution in [0.2, 0.25) is 0 Å². The third-order valence-electron chi connectivity index (χ3n) is 3.74. The lowest BCUT2D eigenvalue weighted by Gasteiger charge is -2.21.